The fourth-order valence-corrected chi connectivity index (χ4v) is 1.65. The minimum Gasteiger partial charge on any atom is -0.385 e. The second-order valence-corrected chi connectivity index (χ2v) is 3.40. The zero-order valence-corrected chi connectivity index (χ0v) is 9.20. The first-order valence-corrected chi connectivity index (χ1v) is 5.18. The summed E-state index contributed by atoms with van der Waals surface area (Å²) >= 11 is 0. The summed E-state index contributed by atoms with van der Waals surface area (Å²) in [5, 5.41) is 0. The van der Waals surface area contributed by atoms with Crippen LogP contribution < -0.4 is 11.5 Å². The third kappa shape index (κ3) is 3.27. The standard InChI is InChI=1S/C11H19N3O/c1-15-6-2-3-9-4-5-14-11(8-13)10(9)7-12/h4-5H,2-3,6-8,12-13H2,1H3. The highest BCUT2D eigenvalue weighted by atomic mass is 16.5. The van der Waals surface area contributed by atoms with Gasteiger partial charge in [-0.1, -0.05) is 0 Å². The highest BCUT2D eigenvalue weighted by Crippen LogP contribution is 2.13. The number of methoxy groups -OCH3 is 1. The number of rotatable bonds is 6. The largest absolute Gasteiger partial charge is 0.385 e. The summed E-state index contributed by atoms with van der Waals surface area (Å²) in [6.45, 7) is 1.72. The minimum atomic E-state index is 0.449. The monoisotopic (exact) mass is 209 g/mol. The lowest BCUT2D eigenvalue weighted by atomic mass is 10.0. The van der Waals surface area contributed by atoms with Crippen molar-refractivity contribution in [3.63, 3.8) is 0 Å². The molecule has 4 heteroatoms. The number of ether oxygens (including phenoxy) is 1. The van der Waals surface area contributed by atoms with Crippen LogP contribution in [-0.4, -0.2) is 18.7 Å². The number of hydrogen-bond donors (Lipinski definition) is 2. The van der Waals surface area contributed by atoms with Gasteiger partial charge in [0.1, 0.15) is 0 Å². The second kappa shape index (κ2) is 6.50. The Morgan fingerprint density at radius 3 is 2.73 bits per heavy atom. The van der Waals surface area contributed by atoms with Crippen LogP contribution in [0.15, 0.2) is 12.3 Å². The first kappa shape index (κ1) is 12.1. The van der Waals surface area contributed by atoms with Gasteiger partial charge in [0.2, 0.25) is 0 Å². The summed E-state index contributed by atoms with van der Waals surface area (Å²) in [4.78, 5) is 4.22. The third-order valence-corrected chi connectivity index (χ3v) is 2.43. The third-order valence-electron chi connectivity index (χ3n) is 2.43. The molecular weight excluding hydrogens is 190 g/mol. The van der Waals surface area contributed by atoms with Crippen LogP contribution in [0.25, 0.3) is 0 Å². The molecule has 0 aromatic carbocycles. The average molecular weight is 209 g/mol. The summed E-state index contributed by atoms with van der Waals surface area (Å²) in [6.07, 6.45) is 3.76. The van der Waals surface area contributed by atoms with Crippen molar-refractivity contribution in [2.45, 2.75) is 25.9 Å². The molecule has 0 saturated heterocycles. The van der Waals surface area contributed by atoms with E-state index in [9.17, 15) is 0 Å². The van der Waals surface area contributed by atoms with Crippen LogP contribution >= 0.6 is 0 Å². The lowest BCUT2D eigenvalue weighted by molar-refractivity contribution is 0.195. The molecule has 1 rings (SSSR count). The molecule has 84 valence electrons. The number of aromatic nitrogens is 1. The molecular formula is C11H19N3O. The highest BCUT2D eigenvalue weighted by Gasteiger charge is 2.06. The van der Waals surface area contributed by atoms with Crippen molar-refractivity contribution in [3.05, 3.63) is 29.1 Å². The van der Waals surface area contributed by atoms with Crippen molar-refractivity contribution in [3.8, 4) is 0 Å². The van der Waals surface area contributed by atoms with Crippen LogP contribution in [0.4, 0.5) is 0 Å². The van der Waals surface area contributed by atoms with Crippen LogP contribution in [-0.2, 0) is 24.2 Å². The van der Waals surface area contributed by atoms with E-state index in [1.807, 2.05) is 6.07 Å². The Kier molecular flexibility index (Phi) is 5.25. The minimum absolute atomic E-state index is 0.449. The molecule has 0 unspecified atom stereocenters. The maximum Gasteiger partial charge on any atom is 0.0586 e. The summed E-state index contributed by atoms with van der Waals surface area (Å²) in [6, 6.07) is 2.01. The van der Waals surface area contributed by atoms with Gasteiger partial charge < -0.3 is 16.2 Å². The molecule has 0 aliphatic carbocycles. The zero-order chi connectivity index (χ0) is 11.1. The molecule has 4 nitrogen and oxygen atoms in total. The van der Waals surface area contributed by atoms with Crippen molar-refractivity contribution < 1.29 is 4.74 Å². The topological polar surface area (TPSA) is 74.2 Å². The molecule has 1 aromatic heterocycles. The number of hydrogen-bond acceptors (Lipinski definition) is 4. The summed E-state index contributed by atoms with van der Waals surface area (Å²) in [5.41, 5.74) is 14.6. The Hall–Kier alpha value is -0.970. The lowest BCUT2D eigenvalue weighted by Crippen LogP contribution is -2.11. The van der Waals surface area contributed by atoms with Gasteiger partial charge in [-0.25, -0.2) is 0 Å². The van der Waals surface area contributed by atoms with Crippen molar-refractivity contribution in [2.75, 3.05) is 13.7 Å². The normalized spacial score (nSPS) is 10.6. The smallest absolute Gasteiger partial charge is 0.0586 e. The van der Waals surface area contributed by atoms with E-state index in [1.54, 1.807) is 13.3 Å². The molecule has 0 radical (unpaired) electrons. The molecule has 0 aliphatic rings. The van der Waals surface area contributed by atoms with E-state index in [1.165, 1.54) is 5.56 Å². The number of pyridine rings is 1. The van der Waals surface area contributed by atoms with Gasteiger partial charge in [-0.05, 0) is 30.0 Å². The summed E-state index contributed by atoms with van der Waals surface area (Å²) < 4.78 is 5.02. The Labute approximate surface area is 90.6 Å². The van der Waals surface area contributed by atoms with Crippen LogP contribution in [0.5, 0.6) is 0 Å². The van der Waals surface area contributed by atoms with E-state index in [2.05, 4.69) is 4.98 Å². The Morgan fingerprint density at radius 1 is 1.33 bits per heavy atom. The van der Waals surface area contributed by atoms with E-state index in [0.717, 1.165) is 30.7 Å². The number of nitrogens with two attached hydrogens (primary N) is 2. The molecule has 0 saturated carbocycles. The highest BCUT2D eigenvalue weighted by molar-refractivity contribution is 5.30. The van der Waals surface area contributed by atoms with Crippen molar-refractivity contribution >= 4 is 0 Å². The molecule has 0 spiro atoms. The quantitative estimate of drug-likeness (QED) is 0.672. The first-order chi connectivity index (χ1) is 7.33. The van der Waals surface area contributed by atoms with Crippen LogP contribution in [0, 0.1) is 0 Å². The van der Waals surface area contributed by atoms with E-state index in [4.69, 9.17) is 16.2 Å². The number of aryl methyl sites for hydroxylation is 1. The van der Waals surface area contributed by atoms with Crippen molar-refractivity contribution in [2.24, 2.45) is 11.5 Å². The second-order valence-electron chi connectivity index (χ2n) is 3.40. The van der Waals surface area contributed by atoms with Gasteiger partial charge in [-0.2, -0.15) is 0 Å². The predicted molar refractivity (Wildman–Crippen MR) is 60.2 cm³/mol. The van der Waals surface area contributed by atoms with Crippen LogP contribution in [0.3, 0.4) is 0 Å². The molecule has 1 heterocycles. The van der Waals surface area contributed by atoms with E-state index >= 15 is 0 Å². The van der Waals surface area contributed by atoms with Gasteiger partial charge >= 0.3 is 0 Å². The SMILES string of the molecule is COCCCc1ccnc(CN)c1CN. The fourth-order valence-electron chi connectivity index (χ4n) is 1.65. The van der Waals surface area contributed by atoms with Crippen molar-refractivity contribution in [1.82, 2.24) is 4.98 Å². The van der Waals surface area contributed by atoms with Gasteiger partial charge in [0.25, 0.3) is 0 Å². The van der Waals surface area contributed by atoms with Gasteiger partial charge in [0, 0.05) is 33.0 Å². The van der Waals surface area contributed by atoms with Gasteiger partial charge in [0.05, 0.1) is 5.69 Å². The van der Waals surface area contributed by atoms with Gasteiger partial charge in [0.15, 0.2) is 0 Å². The summed E-state index contributed by atoms with van der Waals surface area (Å²) in [5.74, 6) is 0. The Bertz CT molecular complexity index is 302. The predicted octanol–water partition coefficient (Wildman–Crippen LogP) is 0.578. The van der Waals surface area contributed by atoms with Crippen molar-refractivity contribution in [1.29, 1.82) is 0 Å². The molecule has 0 bridgehead atoms. The first-order valence-electron chi connectivity index (χ1n) is 5.18. The molecule has 4 N–H and O–H groups in total. The van der Waals surface area contributed by atoms with E-state index in [0.29, 0.717) is 13.1 Å². The maximum absolute atomic E-state index is 5.70. The Balaban J connectivity index is 2.76. The molecule has 0 amide bonds. The average Bonchev–Trinajstić information content (AvgIpc) is 2.29. The van der Waals surface area contributed by atoms with Crippen LogP contribution in [0.1, 0.15) is 23.2 Å². The molecule has 15 heavy (non-hydrogen) atoms. The Morgan fingerprint density at radius 2 is 2.13 bits per heavy atom. The number of nitrogens with zero attached hydrogens (tertiary/aromatic N) is 1. The lowest BCUT2D eigenvalue weighted by Gasteiger charge is -2.10. The zero-order valence-electron chi connectivity index (χ0n) is 9.20. The fraction of sp³-hybridized carbons (Fsp3) is 0.545. The molecule has 0 atom stereocenters. The van der Waals surface area contributed by atoms with E-state index < -0.39 is 0 Å². The van der Waals surface area contributed by atoms with E-state index in [-0.39, 0.29) is 0 Å². The molecule has 1 aromatic rings. The molecule has 0 aliphatic heterocycles. The van der Waals surface area contributed by atoms with Gasteiger partial charge in [-0.15, -0.1) is 0 Å². The van der Waals surface area contributed by atoms with Crippen LogP contribution in [0.2, 0.25) is 0 Å². The molecule has 0 fully saturated rings. The maximum atomic E-state index is 5.70. The summed E-state index contributed by atoms with van der Waals surface area (Å²) in [7, 11) is 1.71. The van der Waals surface area contributed by atoms with Gasteiger partial charge in [-0.3, -0.25) is 4.98 Å².